The Bertz CT molecular complexity index is 842. The van der Waals surface area contributed by atoms with Crippen molar-refractivity contribution in [1.82, 2.24) is 9.88 Å². The number of aromatic nitrogens is 1. The van der Waals surface area contributed by atoms with E-state index < -0.39 is 10.0 Å². The topological polar surface area (TPSA) is 115 Å². The molecule has 31 heavy (non-hydrogen) atoms. The molecular formula is C22H38N4O4S. The summed E-state index contributed by atoms with van der Waals surface area (Å²) in [4.78, 5) is 18.5. The number of carbonyl (C=O) groups is 1. The predicted octanol–water partition coefficient (Wildman–Crippen LogP) is 3.98. The van der Waals surface area contributed by atoms with E-state index in [1.165, 1.54) is 6.07 Å². The van der Waals surface area contributed by atoms with E-state index >= 15 is 0 Å². The zero-order chi connectivity index (χ0) is 23.2. The van der Waals surface area contributed by atoms with Crippen LogP contribution in [0.3, 0.4) is 0 Å². The van der Waals surface area contributed by atoms with Crippen LogP contribution < -0.4 is 10.5 Å². The molecule has 2 heterocycles. The zero-order valence-electron chi connectivity index (χ0n) is 19.4. The summed E-state index contributed by atoms with van der Waals surface area (Å²) in [6, 6.07) is 4.89. The van der Waals surface area contributed by atoms with Crippen LogP contribution >= 0.6 is 0 Å². The summed E-state index contributed by atoms with van der Waals surface area (Å²) in [7, 11) is -3.84. The van der Waals surface area contributed by atoms with Gasteiger partial charge in [0.25, 0.3) is 10.0 Å². The van der Waals surface area contributed by atoms with Crippen molar-refractivity contribution in [1.29, 1.82) is 0 Å². The fourth-order valence-electron chi connectivity index (χ4n) is 4.11. The quantitative estimate of drug-likeness (QED) is 0.517. The number of nitrogens with zero attached hydrogens (tertiary/aromatic N) is 2. The van der Waals surface area contributed by atoms with Crippen molar-refractivity contribution >= 4 is 21.9 Å². The van der Waals surface area contributed by atoms with Gasteiger partial charge in [-0.15, -0.1) is 0 Å². The molecule has 1 fully saturated rings. The number of amides is 1. The molecule has 1 aliphatic heterocycles. The van der Waals surface area contributed by atoms with E-state index in [1.807, 2.05) is 4.90 Å². The molecule has 2 rings (SSSR count). The number of nitrogens with one attached hydrogen (secondary N) is 1. The Morgan fingerprint density at radius 1 is 1.39 bits per heavy atom. The van der Waals surface area contributed by atoms with Crippen molar-refractivity contribution in [2.75, 3.05) is 18.5 Å². The Morgan fingerprint density at radius 3 is 2.71 bits per heavy atom. The van der Waals surface area contributed by atoms with E-state index in [-0.39, 0.29) is 22.7 Å². The lowest BCUT2D eigenvalue weighted by molar-refractivity contribution is 0.0792. The van der Waals surface area contributed by atoms with Crippen LogP contribution in [0.2, 0.25) is 0 Å². The Balaban J connectivity index is 1.97. The molecule has 8 nitrogen and oxygen atoms in total. The van der Waals surface area contributed by atoms with Gasteiger partial charge in [0.05, 0.1) is 6.61 Å². The number of unbranched alkanes of at least 4 members (excludes halogenated alkanes) is 1. The minimum atomic E-state index is -3.84. The number of hydrogen-bond donors (Lipinski definition) is 2. The third kappa shape index (κ3) is 7.35. The molecule has 1 aromatic heterocycles. The molecule has 1 aliphatic rings. The van der Waals surface area contributed by atoms with Crippen LogP contribution in [-0.2, 0) is 14.8 Å². The minimum absolute atomic E-state index is 0.122. The molecule has 0 radical (unpaired) electrons. The van der Waals surface area contributed by atoms with Gasteiger partial charge in [0, 0.05) is 18.1 Å². The third-order valence-electron chi connectivity index (χ3n) is 5.94. The molecule has 0 spiro atoms. The van der Waals surface area contributed by atoms with Gasteiger partial charge in [-0.2, -0.15) is 0 Å². The predicted molar refractivity (Wildman–Crippen MR) is 122 cm³/mol. The lowest BCUT2D eigenvalue weighted by atomic mass is 9.89. The number of carbonyl (C=O) groups excluding carboxylic acids is 1. The number of likely N-dealkylation sites (tertiary alicyclic amines) is 1. The normalized spacial score (nSPS) is 19.5. The van der Waals surface area contributed by atoms with Gasteiger partial charge in [-0.3, -0.25) is 0 Å². The SMILES string of the molecule is CCCCOC(=O)N1C[C@@H](CCC(Nc2cccc(S(N)(=O)=O)n2)C(C)C)CC1(C)C. The summed E-state index contributed by atoms with van der Waals surface area (Å²) < 4.78 is 28.6. The highest BCUT2D eigenvalue weighted by atomic mass is 32.2. The molecule has 2 atom stereocenters. The largest absolute Gasteiger partial charge is 0.449 e. The zero-order valence-corrected chi connectivity index (χ0v) is 20.2. The molecule has 3 N–H and O–H groups in total. The standard InChI is InChI=1S/C22H38N4O4S/c1-6-7-13-30-21(27)26-15-17(14-22(26,4)5)11-12-18(16(2)3)24-19-9-8-10-20(25-19)31(23,28)29/h8-10,16-18H,6-7,11-15H2,1-5H3,(H,24,25)(H2,23,28,29)/t17-,18?/m0/s1. The summed E-state index contributed by atoms with van der Waals surface area (Å²) in [6.45, 7) is 11.7. The summed E-state index contributed by atoms with van der Waals surface area (Å²) in [5.41, 5.74) is -0.222. The highest BCUT2D eigenvalue weighted by Crippen LogP contribution is 2.36. The summed E-state index contributed by atoms with van der Waals surface area (Å²) in [5.74, 6) is 1.21. The fourth-order valence-corrected chi connectivity index (χ4v) is 4.61. The van der Waals surface area contributed by atoms with E-state index in [1.54, 1.807) is 12.1 Å². The van der Waals surface area contributed by atoms with Crippen molar-refractivity contribution < 1.29 is 17.9 Å². The second kappa shape index (κ2) is 10.6. The average molecular weight is 455 g/mol. The van der Waals surface area contributed by atoms with Crippen LogP contribution in [0.1, 0.15) is 66.7 Å². The van der Waals surface area contributed by atoms with Crippen molar-refractivity contribution in [3.63, 3.8) is 0 Å². The van der Waals surface area contributed by atoms with Gasteiger partial charge in [0.15, 0.2) is 5.03 Å². The smallest absolute Gasteiger partial charge is 0.410 e. The van der Waals surface area contributed by atoms with E-state index in [9.17, 15) is 13.2 Å². The van der Waals surface area contributed by atoms with Gasteiger partial charge in [-0.05, 0) is 63.5 Å². The Kier molecular flexibility index (Phi) is 8.71. The summed E-state index contributed by atoms with van der Waals surface area (Å²) in [6.07, 6.45) is 4.43. The second-order valence-electron chi connectivity index (χ2n) is 9.44. The van der Waals surface area contributed by atoms with Gasteiger partial charge in [-0.25, -0.2) is 23.3 Å². The first kappa shape index (κ1) is 25.4. The van der Waals surface area contributed by atoms with E-state index in [2.05, 4.69) is 44.9 Å². The molecule has 0 bridgehead atoms. The van der Waals surface area contributed by atoms with Crippen molar-refractivity contribution in [2.24, 2.45) is 17.0 Å². The van der Waals surface area contributed by atoms with Gasteiger partial charge < -0.3 is 15.0 Å². The first-order chi connectivity index (χ1) is 14.4. The molecule has 0 saturated carbocycles. The number of anilines is 1. The molecular weight excluding hydrogens is 416 g/mol. The first-order valence-electron chi connectivity index (χ1n) is 11.1. The molecule has 1 saturated heterocycles. The van der Waals surface area contributed by atoms with Crippen molar-refractivity contribution in [3.05, 3.63) is 18.2 Å². The number of nitrogens with two attached hydrogens (primary N) is 1. The Morgan fingerprint density at radius 2 is 2.10 bits per heavy atom. The van der Waals surface area contributed by atoms with Gasteiger partial charge in [0.1, 0.15) is 5.82 Å². The lowest BCUT2D eigenvalue weighted by Crippen LogP contribution is -2.43. The van der Waals surface area contributed by atoms with Crippen molar-refractivity contribution in [2.45, 2.75) is 83.3 Å². The number of sulfonamides is 1. The Hall–Kier alpha value is -1.87. The Labute approximate surface area is 187 Å². The van der Waals surface area contributed by atoms with Gasteiger partial charge in [0.2, 0.25) is 0 Å². The fraction of sp³-hybridized carbons (Fsp3) is 0.727. The maximum atomic E-state index is 12.5. The van der Waals surface area contributed by atoms with Crippen LogP contribution in [0.4, 0.5) is 10.6 Å². The van der Waals surface area contributed by atoms with E-state index in [4.69, 9.17) is 9.88 Å². The lowest BCUT2D eigenvalue weighted by Gasteiger charge is -2.30. The molecule has 1 amide bonds. The molecule has 1 aromatic rings. The van der Waals surface area contributed by atoms with E-state index in [0.29, 0.717) is 30.8 Å². The summed E-state index contributed by atoms with van der Waals surface area (Å²) in [5, 5.41) is 8.42. The first-order valence-corrected chi connectivity index (χ1v) is 12.7. The maximum absolute atomic E-state index is 12.5. The van der Waals surface area contributed by atoms with Crippen LogP contribution in [-0.4, -0.2) is 49.1 Å². The van der Waals surface area contributed by atoms with Gasteiger partial charge in [-0.1, -0.05) is 33.3 Å². The number of primary sulfonamides is 1. The number of rotatable bonds is 10. The number of hydrogen-bond acceptors (Lipinski definition) is 6. The molecule has 0 aromatic carbocycles. The average Bonchev–Trinajstić information content (AvgIpc) is 2.99. The monoisotopic (exact) mass is 454 g/mol. The van der Waals surface area contributed by atoms with Gasteiger partial charge >= 0.3 is 6.09 Å². The summed E-state index contributed by atoms with van der Waals surface area (Å²) >= 11 is 0. The van der Waals surface area contributed by atoms with Crippen LogP contribution in [0.5, 0.6) is 0 Å². The molecule has 1 unspecified atom stereocenters. The molecule has 0 aliphatic carbocycles. The van der Waals surface area contributed by atoms with Crippen LogP contribution in [0.15, 0.2) is 23.2 Å². The third-order valence-corrected chi connectivity index (χ3v) is 6.75. The van der Waals surface area contributed by atoms with Crippen LogP contribution in [0, 0.1) is 11.8 Å². The molecule has 176 valence electrons. The highest BCUT2D eigenvalue weighted by Gasteiger charge is 2.41. The number of pyridine rings is 1. The van der Waals surface area contributed by atoms with Crippen LogP contribution in [0.25, 0.3) is 0 Å². The second-order valence-corrected chi connectivity index (χ2v) is 10.9. The van der Waals surface area contributed by atoms with E-state index in [0.717, 1.165) is 32.1 Å². The maximum Gasteiger partial charge on any atom is 0.410 e. The number of ether oxygens (including phenoxy) is 1. The minimum Gasteiger partial charge on any atom is -0.449 e. The van der Waals surface area contributed by atoms with Crippen molar-refractivity contribution in [3.8, 4) is 0 Å². The highest BCUT2D eigenvalue weighted by molar-refractivity contribution is 7.89. The molecule has 9 heteroatoms.